The number of nitrogens with one attached hydrogen (secondary N) is 1. The summed E-state index contributed by atoms with van der Waals surface area (Å²) in [7, 11) is 1.50. The maximum Gasteiger partial charge on any atom is 0.292 e. The number of hydrogen-bond acceptors (Lipinski definition) is 5. The van der Waals surface area contributed by atoms with E-state index in [1.165, 1.54) is 19.2 Å². The summed E-state index contributed by atoms with van der Waals surface area (Å²) in [6.07, 6.45) is -0.374. The minimum atomic E-state index is -0.465. The molecular weight excluding hydrogens is 265 g/mol. The van der Waals surface area contributed by atoms with E-state index in [9.17, 15) is 9.18 Å². The number of rotatable bonds is 5. The van der Waals surface area contributed by atoms with E-state index in [1.54, 1.807) is 19.1 Å². The SMILES string of the molecule is CO[C@H](C)c1nc(C(=O)NCc2ccc(F)cc2)no1. The van der Waals surface area contributed by atoms with E-state index >= 15 is 0 Å². The maximum absolute atomic E-state index is 12.7. The number of carbonyl (C=O) groups excluding carboxylic acids is 1. The van der Waals surface area contributed by atoms with E-state index in [0.717, 1.165) is 5.56 Å². The van der Waals surface area contributed by atoms with Gasteiger partial charge in [-0.25, -0.2) is 4.39 Å². The Labute approximate surface area is 114 Å². The van der Waals surface area contributed by atoms with Crippen LogP contribution in [0.5, 0.6) is 0 Å². The van der Waals surface area contributed by atoms with Gasteiger partial charge in [0, 0.05) is 13.7 Å². The van der Waals surface area contributed by atoms with Gasteiger partial charge in [-0.1, -0.05) is 17.3 Å². The molecule has 0 bridgehead atoms. The summed E-state index contributed by atoms with van der Waals surface area (Å²) in [5, 5.41) is 6.19. The van der Waals surface area contributed by atoms with Crippen LogP contribution in [0.25, 0.3) is 0 Å². The molecule has 0 aliphatic carbocycles. The molecule has 1 heterocycles. The van der Waals surface area contributed by atoms with E-state index in [2.05, 4.69) is 15.5 Å². The average molecular weight is 279 g/mol. The Morgan fingerprint density at radius 2 is 2.15 bits per heavy atom. The van der Waals surface area contributed by atoms with Crippen LogP contribution >= 0.6 is 0 Å². The van der Waals surface area contributed by atoms with Gasteiger partial charge in [0.25, 0.3) is 17.6 Å². The fourth-order valence-electron chi connectivity index (χ4n) is 1.46. The number of ether oxygens (including phenoxy) is 1. The summed E-state index contributed by atoms with van der Waals surface area (Å²) in [4.78, 5) is 15.7. The van der Waals surface area contributed by atoms with E-state index in [4.69, 9.17) is 9.26 Å². The lowest BCUT2D eigenvalue weighted by atomic mass is 10.2. The van der Waals surface area contributed by atoms with Crippen LogP contribution in [0.1, 0.15) is 35.1 Å². The zero-order valence-corrected chi connectivity index (χ0v) is 11.1. The Kier molecular flexibility index (Phi) is 4.41. The van der Waals surface area contributed by atoms with Gasteiger partial charge in [0.1, 0.15) is 11.9 Å². The standard InChI is InChI=1S/C13H14FN3O3/c1-8(19-2)13-16-11(17-20-13)12(18)15-7-9-3-5-10(14)6-4-9/h3-6,8H,7H2,1-2H3,(H,15,18)/t8-/m1/s1. The molecule has 7 heteroatoms. The second kappa shape index (κ2) is 6.25. The first-order valence-electron chi connectivity index (χ1n) is 5.99. The number of nitrogens with zero attached hydrogens (tertiary/aromatic N) is 2. The summed E-state index contributed by atoms with van der Waals surface area (Å²) in [6, 6.07) is 5.83. The minimum Gasteiger partial charge on any atom is -0.372 e. The number of amides is 1. The van der Waals surface area contributed by atoms with Crippen molar-refractivity contribution in [3.63, 3.8) is 0 Å². The Hall–Kier alpha value is -2.28. The smallest absolute Gasteiger partial charge is 0.292 e. The van der Waals surface area contributed by atoms with Crippen LogP contribution < -0.4 is 5.32 Å². The quantitative estimate of drug-likeness (QED) is 0.903. The summed E-state index contributed by atoms with van der Waals surface area (Å²) in [5.74, 6) is -0.616. The summed E-state index contributed by atoms with van der Waals surface area (Å²) < 4.78 is 22.6. The lowest BCUT2D eigenvalue weighted by molar-refractivity contribution is 0.0884. The highest BCUT2D eigenvalue weighted by Gasteiger charge is 2.18. The van der Waals surface area contributed by atoms with Gasteiger partial charge in [-0.3, -0.25) is 4.79 Å². The van der Waals surface area contributed by atoms with Crippen molar-refractivity contribution in [3.05, 3.63) is 47.4 Å². The van der Waals surface area contributed by atoms with Crippen molar-refractivity contribution in [2.45, 2.75) is 19.6 Å². The van der Waals surface area contributed by atoms with Crippen molar-refractivity contribution in [2.24, 2.45) is 0 Å². The van der Waals surface area contributed by atoms with Gasteiger partial charge in [0.05, 0.1) is 0 Å². The monoisotopic (exact) mass is 279 g/mol. The maximum atomic E-state index is 12.7. The second-order valence-corrected chi connectivity index (χ2v) is 4.14. The fraction of sp³-hybridized carbons (Fsp3) is 0.308. The van der Waals surface area contributed by atoms with E-state index < -0.39 is 5.91 Å². The van der Waals surface area contributed by atoms with Crippen molar-refractivity contribution in [3.8, 4) is 0 Å². The summed E-state index contributed by atoms with van der Waals surface area (Å²) in [6.45, 7) is 1.98. The lowest BCUT2D eigenvalue weighted by Crippen LogP contribution is -2.24. The molecule has 1 N–H and O–H groups in total. The van der Waals surface area contributed by atoms with Crippen LogP contribution in [0, 0.1) is 5.82 Å². The highest BCUT2D eigenvalue weighted by molar-refractivity contribution is 5.90. The number of halogens is 1. The third kappa shape index (κ3) is 3.39. The normalized spacial score (nSPS) is 12.2. The Morgan fingerprint density at radius 3 is 2.80 bits per heavy atom. The van der Waals surface area contributed by atoms with Crippen LogP contribution in [0.4, 0.5) is 4.39 Å². The molecule has 2 aromatic rings. The Balaban J connectivity index is 1.94. The Bertz CT molecular complexity index is 583. The molecule has 6 nitrogen and oxygen atoms in total. The van der Waals surface area contributed by atoms with Crippen molar-refractivity contribution in [2.75, 3.05) is 7.11 Å². The van der Waals surface area contributed by atoms with E-state index in [1.807, 2.05) is 0 Å². The molecule has 1 atom stereocenters. The van der Waals surface area contributed by atoms with Crippen LogP contribution in [-0.4, -0.2) is 23.2 Å². The predicted octanol–water partition coefficient (Wildman–Crippen LogP) is 1.85. The zero-order valence-electron chi connectivity index (χ0n) is 11.1. The molecule has 0 fully saturated rings. The minimum absolute atomic E-state index is 0.0639. The highest BCUT2D eigenvalue weighted by Crippen LogP contribution is 2.12. The molecule has 0 saturated heterocycles. The van der Waals surface area contributed by atoms with Gasteiger partial charge in [-0.05, 0) is 24.6 Å². The molecule has 1 aromatic heterocycles. The highest BCUT2D eigenvalue weighted by atomic mass is 19.1. The van der Waals surface area contributed by atoms with Crippen molar-refractivity contribution >= 4 is 5.91 Å². The van der Waals surface area contributed by atoms with Crippen molar-refractivity contribution in [1.82, 2.24) is 15.5 Å². The number of hydrogen-bond donors (Lipinski definition) is 1. The Morgan fingerprint density at radius 1 is 1.45 bits per heavy atom. The van der Waals surface area contributed by atoms with Crippen LogP contribution in [-0.2, 0) is 11.3 Å². The molecule has 1 amide bonds. The first-order valence-corrected chi connectivity index (χ1v) is 5.99. The number of aromatic nitrogens is 2. The summed E-state index contributed by atoms with van der Waals surface area (Å²) >= 11 is 0. The molecule has 0 aliphatic rings. The van der Waals surface area contributed by atoms with Crippen LogP contribution in [0.3, 0.4) is 0 Å². The van der Waals surface area contributed by atoms with Gasteiger partial charge in [0.2, 0.25) is 0 Å². The van der Waals surface area contributed by atoms with Crippen LogP contribution in [0.15, 0.2) is 28.8 Å². The fourth-order valence-corrected chi connectivity index (χ4v) is 1.46. The first-order chi connectivity index (χ1) is 9.60. The topological polar surface area (TPSA) is 77.2 Å². The third-order valence-corrected chi connectivity index (χ3v) is 2.71. The molecule has 106 valence electrons. The van der Waals surface area contributed by atoms with Crippen LogP contribution in [0.2, 0.25) is 0 Å². The molecule has 20 heavy (non-hydrogen) atoms. The van der Waals surface area contributed by atoms with Gasteiger partial charge < -0.3 is 14.6 Å². The second-order valence-electron chi connectivity index (χ2n) is 4.14. The molecule has 0 unspecified atom stereocenters. The third-order valence-electron chi connectivity index (χ3n) is 2.71. The first kappa shape index (κ1) is 14.1. The number of carbonyl (C=O) groups is 1. The zero-order chi connectivity index (χ0) is 14.5. The average Bonchev–Trinajstić information content (AvgIpc) is 2.95. The molecule has 0 spiro atoms. The molecular formula is C13H14FN3O3. The van der Waals surface area contributed by atoms with Gasteiger partial charge in [-0.15, -0.1) is 0 Å². The van der Waals surface area contributed by atoms with E-state index in [-0.39, 0.29) is 30.2 Å². The lowest BCUT2D eigenvalue weighted by Gasteiger charge is -2.02. The molecule has 0 aliphatic heterocycles. The van der Waals surface area contributed by atoms with Crippen molar-refractivity contribution in [1.29, 1.82) is 0 Å². The van der Waals surface area contributed by atoms with E-state index in [0.29, 0.717) is 0 Å². The molecule has 2 rings (SSSR count). The summed E-state index contributed by atoms with van der Waals surface area (Å²) in [5.41, 5.74) is 0.772. The van der Waals surface area contributed by atoms with Gasteiger partial charge >= 0.3 is 0 Å². The van der Waals surface area contributed by atoms with Crippen molar-refractivity contribution < 1.29 is 18.4 Å². The molecule has 0 saturated carbocycles. The number of benzene rings is 1. The molecule has 1 aromatic carbocycles. The predicted molar refractivity (Wildman–Crippen MR) is 67.3 cm³/mol. The van der Waals surface area contributed by atoms with Gasteiger partial charge in [-0.2, -0.15) is 4.98 Å². The number of methoxy groups -OCH3 is 1. The molecule has 0 radical (unpaired) electrons. The van der Waals surface area contributed by atoms with Gasteiger partial charge in [0.15, 0.2) is 0 Å². The largest absolute Gasteiger partial charge is 0.372 e.